The smallest absolute Gasteiger partial charge is 0.263 e. The van der Waals surface area contributed by atoms with Crippen molar-refractivity contribution in [3.8, 4) is 0 Å². The molecule has 1 aromatic rings. The number of nitrogens with two attached hydrogens (primary N) is 1. The Morgan fingerprint density at radius 2 is 2.19 bits per heavy atom. The number of hydrogen-bond acceptors (Lipinski definition) is 6. The van der Waals surface area contributed by atoms with Crippen molar-refractivity contribution < 1.29 is 13.2 Å². The standard InChI is InChI=1S/C13H21N3O3S2/c1-4-15-12(17)10-9(14)11(21(3,18)19)13(20-10)16-6-5-8(2)7-16/h8H,4-7,14H2,1-3H3,(H,15,17). The fraction of sp³-hybridized carbons (Fsp3) is 0.615. The molecule has 6 nitrogen and oxygen atoms in total. The van der Waals surface area contributed by atoms with Crippen LogP contribution < -0.4 is 16.0 Å². The molecule has 2 heterocycles. The van der Waals surface area contributed by atoms with E-state index in [2.05, 4.69) is 12.2 Å². The molecule has 0 bridgehead atoms. The minimum absolute atomic E-state index is 0.0722. The number of hydrogen-bond donors (Lipinski definition) is 2. The fourth-order valence-corrected chi connectivity index (χ4v) is 5.17. The van der Waals surface area contributed by atoms with Gasteiger partial charge in [0.1, 0.15) is 14.8 Å². The van der Waals surface area contributed by atoms with Crippen LogP contribution in [-0.2, 0) is 9.84 Å². The molecule has 1 fully saturated rings. The molecule has 8 heteroatoms. The normalized spacial score (nSPS) is 19.0. The molecule has 1 saturated heterocycles. The highest BCUT2D eigenvalue weighted by molar-refractivity contribution is 7.91. The second-order valence-electron chi connectivity index (χ2n) is 5.45. The molecule has 0 aliphatic carbocycles. The second-order valence-corrected chi connectivity index (χ2v) is 8.40. The number of sulfone groups is 1. The van der Waals surface area contributed by atoms with Crippen molar-refractivity contribution in [3.05, 3.63) is 4.88 Å². The van der Waals surface area contributed by atoms with Gasteiger partial charge in [-0.1, -0.05) is 6.92 Å². The molecule has 21 heavy (non-hydrogen) atoms. The molecular formula is C13H21N3O3S2. The largest absolute Gasteiger partial charge is 0.396 e. The average Bonchev–Trinajstić information content (AvgIpc) is 2.92. The highest BCUT2D eigenvalue weighted by atomic mass is 32.2. The van der Waals surface area contributed by atoms with Crippen molar-refractivity contribution in [3.63, 3.8) is 0 Å². The third-order valence-corrected chi connectivity index (χ3v) is 6.06. The molecule has 118 valence electrons. The Kier molecular flexibility index (Phi) is 4.48. The van der Waals surface area contributed by atoms with Crippen LogP contribution in [0, 0.1) is 5.92 Å². The van der Waals surface area contributed by atoms with Gasteiger partial charge in [0.2, 0.25) is 0 Å². The number of nitrogens with zero attached hydrogens (tertiary/aromatic N) is 1. The zero-order valence-electron chi connectivity index (χ0n) is 12.5. The van der Waals surface area contributed by atoms with Gasteiger partial charge in [0.15, 0.2) is 9.84 Å². The van der Waals surface area contributed by atoms with Crippen LogP contribution in [0.15, 0.2) is 4.90 Å². The first-order valence-electron chi connectivity index (χ1n) is 6.91. The van der Waals surface area contributed by atoms with Gasteiger partial charge < -0.3 is 16.0 Å². The van der Waals surface area contributed by atoms with Gasteiger partial charge in [-0.05, 0) is 19.3 Å². The summed E-state index contributed by atoms with van der Waals surface area (Å²) in [6, 6.07) is 0. The molecule has 1 unspecified atom stereocenters. The van der Waals surface area contributed by atoms with Crippen LogP contribution in [0.1, 0.15) is 29.9 Å². The van der Waals surface area contributed by atoms with Crippen LogP contribution in [0.25, 0.3) is 0 Å². The van der Waals surface area contributed by atoms with Crippen LogP contribution >= 0.6 is 11.3 Å². The second kappa shape index (κ2) is 5.84. The molecule has 1 amide bonds. The molecule has 1 aliphatic rings. The molecular weight excluding hydrogens is 310 g/mol. The lowest BCUT2D eigenvalue weighted by atomic mass is 10.2. The molecule has 3 N–H and O–H groups in total. The van der Waals surface area contributed by atoms with Gasteiger partial charge in [-0.2, -0.15) is 0 Å². The molecule has 1 aromatic heterocycles. The lowest BCUT2D eigenvalue weighted by molar-refractivity contribution is 0.0960. The quantitative estimate of drug-likeness (QED) is 0.868. The van der Waals surface area contributed by atoms with Gasteiger partial charge in [0.25, 0.3) is 5.91 Å². The Labute approximate surface area is 129 Å². The monoisotopic (exact) mass is 331 g/mol. The third kappa shape index (κ3) is 3.16. The Balaban J connectivity index is 2.53. The average molecular weight is 331 g/mol. The predicted molar refractivity (Wildman–Crippen MR) is 85.8 cm³/mol. The highest BCUT2D eigenvalue weighted by Crippen LogP contribution is 2.43. The van der Waals surface area contributed by atoms with Gasteiger partial charge in [-0.25, -0.2) is 8.42 Å². The number of carbonyl (C=O) groups is 1. The van der Waals surface area contributed by atoms with E-state index >= 15 is 0 Å². The fourth-order valence-electron chi connectivity index (χ4n) is 2.51. The van der Waals surface area contributed by atoms with Crippen molar-refractivity contribution in [2.45, 2.75) is 25.2 Å². The molecule has 2 rings (SSSR count). The molecule has 0 saturated carbocycles. The highest BCUT2D eigenvalue weighted by Gasteiger charge is 2.32. The number of carbonyl (C=O) groups excluding carboxylic acids is 1. The minimum atomic E-state index is -3.48. The number of nitrogen functional groups attached to an aromatic ring is 1. The molecule has 0 radical (unpaired) electrons. The van der Waals surface area contributed by atoms with E-state index in [1.54, 1.807) is 0 Å². The Morgan fingerprint density at radius 1 is 1.52 bits per heavy atom. The van der Waals surface area contributed by atoms with Gasteiger partial charge in [0.05, 0.1) is 5.69 Å². The molecule has 0 aromatic carbocycles. The van der Waals surface area contributed by atoms with Crippen LogP contribution in [0.5, 0.6) is 0 Å². The lowest BCUT2D eigenvalue weighted by Crippen LogP contribution is -2.22. The third-order valence-electron chi connectivity index (χ3n) is 3.51. The van der Waals surface area contributed by atoms with Gasteiger partial charge >= 0.3 is 0 Å². The molecule has 1 atom stereocenters. The SMILES string of the molecule is CCNC(=O)c1sc(N2CCC(C)C2)c(S(C)(=O)=O)c1N. The zero-order chi connectivity index (χ0) is 15.8. The van der Waals surface area contributed by atoms with Crippen LogP contribution in [-0.4, -0.2) is 40.2 Å². The number of rotatable bonds is 4. The number of amides is 1. The van der Waals surface area contributed by atoms with Crippen molar-refractivity contribution >= 4 is 37.8 Å². The number of anilines is 2. The summed E-state index contributed by atoms with van der Waals surface area (Å²) >= 11 is 1.17. The summed E-state index contributed by atoms with van der Waals surface area (Å²) in [6.45, 7) is 5.99. The van der Waals surface area contributed by atoms with E-state index in [1.165, 1.54) is 11.3 Å². The molecule has 0 spiro atoms. The first-order chi connectivity index (χ1) is 9.75. The van der Waals surface area contributed by atoms with Crippen molar-refractivity contribution in [2.24, 2.45) is 5.92 Å². The van der Waals surface area contributed by atoms with Gasteiger partial charge in [-0.15, -0.1) is 11.3 Å². The summed E-state index contributed by atoms with van der Waals surface area (Å²) in [6.07, 6.45) is 2.15. The van der Waals surface area contributed by atoms with Gasteiger partial charge in [-0.3, -0.25) is 4.79 Å². The first kappa shape index (κ1) is 16.1. The molecule has 1 aliphatic heterocycles. The van der Waals surface area contributed by atoms with E-state index in [0.29, 0.717) is 17.5 Å². The van der Waals surface area contributed by atoms with Crippen molar-refractivity contribution in [1.29, 1.82) is 0 Å². The van der Waals surface area contributed by atoms with Crippen LogP contribution in [0.4, 0.5) is 10.7 Å². The van der Waals surface area contributed by atoms with E-state index in [0.717, 1.165) is 25.8 Å². The van der Waals surface area contributed by atoms with Gasteiger partial charge in [0, 0.05) is 25.9 Å². The predicted octanol–water partition coefficient (Wildman–Crippen LogP) is 1.33. The summed E-state index contributed by atoms with van der Waals surface area (Å²) < 4.78 is 24.1. The summed E-state index contributed by atoms with van der Waals surface area (Å²) in [5.74, 6) is 0.192. The van der Waals surface area contributed by atoms with Crippen LogP contribution in [0.3, 0.4) is 0 Å². The maximum atomic E-state index is 12.1. The Bertz CT molecular complexity index is 652. The minimum Gasteiger partial charge on any atom is -0.396 e. The Hall–Kier alpha value is -1.28. The van der Waals surface area contributed by atoms with E-state index in [9.17, 15) is 13.2 Å². The summed E-state index contributed by atoms with van der Waals surface area (Å²) in [4.78, 5) is 14.4. The lowest BCUT2D eigenvalue weighted by Gasteiger charge is -2.17. The van der Waals surface area contributed by atoms with E-state index in [4.69, 9.17) is 5.73 Å². The summed E-state index contributed by atoms with van der Waals surface area (Å²) in [5, 5.41) is 3.27. The first-order valence-corrected chi connectivity index (χ1v) is 9.62. The number of thiophene rings is 1. The maximum Gasteiger partial charge on any atom is 0.263 e. The Morgan fingerprint density at radius 3 is 2.67 bits per heavy atom. The van der Waals surface area contributed by atoms with E-state index < -0.39 is 9.84 Å². The van der Waals surface area contributed by atoms with Crippen molar-refractivity contribution in [1.82, 2.24) is 5.32 Å². The summed E-state index contributed by atoms with van der Waals surface area (Å²) in [7, 11) is -3.48. The van der Waals surface area contributed by atoms with E-state index in [1.807, 2.05) is 11.8 Å². The van der Waals surface area contributed by atoms with E-state index in [-0.39, 0.29) is 21.4 Å². The summed E-state index contributed by atoms with van der Waals surface area (Å²) in [5.41, 5.74) is 6.04. The maximum absolute atomic E-state index is 12.1. The van der Waals surface area contributed by atoms with Crippen molar-refractivity contribution in [2.75, 3.05) is 36.5 Å². The zero-order valence-corrected chi connectivity index (χ0v) is 14.1. The van der Waals surface area contributed by atoms with Crippen LogP contribution in [0.2, 0.25) is 0 Å². The number of nitrogens with one attached hydrogen (secondary N) is 1. The topological polar surface area (TPSA) is 92.5 Å².